The van der Waals surface area contributed by atoms with Gasteiger partial charge >= 0.3 is 0 Å². The average molecular weight is 255 g/mol. The second kappa shape index (κ2) is 6.14. The van der Waals surface area contributed by atoms with E-state index in [9.17, 15) is 9.59 Å². The first-order valence-electron chi connectivity index (χ1n) is 6.39. The van der Waals surface area contributed by atoms with Crippen LogP contribution in [-0.4, -0.2) is 11.7 Å². The van der Waals surface area contributed by atoms with Crippen LogP contribution in [-0.2, 0) is 16.1 Å². The summed E-state index contributed by atoms with van der Waals surface area (Å²) in [4.78, 5) is 22.4. The molecule has 0 saturated carbocycles. The lowest BCUT2D eigenvalue weighted by Crippen LogP contribution is -2.23. The molecule has 0 aromatic heterocycles. The molecule has 0 unspecified atom stereocenters. The fraction of sp³-hybridized carbons (Fsp3) is 0.250. The maximum Gasteiger partial charge on any atom is 0.220 e. The van der Waals surface area contributed by atoms with Crippen LogP contribution in [0.25, 0.3) is 10.8 Å². The lowest BCUT2D eigenvalue weighted by molar-refractivity contribution is -0.124. The smallest absolute Gasteiger partial charge is 0.220 e. The van der Waals surface area contributed by atoms with Crippen LogP contribution in [0.3, 0.4) is 0 Å². The summed E-state index contributed by atoms with van der Waals surface area (Å²) in [6.07, 6.45) is 0.571. The highest BCUT2D eigenvalue weighted by Gasteiger charge is 2.05. The fourth-order valence-corrected chi connectivity index (χ4v) is 2.02. The number of carbonyl (C=O) groups excluding carboxylic acids is 2. The molecule has 0 aliphatic rings. The first-order valence-corrected chi connectivity index (χ1v) is 6.39. The minimum Gasteiger partial charge on any atom is -0.352 e. The Balaban J connectivity index is 2.02. The van der Waals surface area contributed by atoms with Gasteiger partial charge in [-0.2, -0.15) is 0 Å². The number of fused-ring (bicyclic) bond motifs is 1. The number of nitrogens with one attached hydrogen (secondary N) is 1. The van der Waals surface area contributed by atoms with Crippen molar-refractivity contribution in [3.8, 4) is 0 Å². The zero-order chi connectivity index (χ0) is 13.7. The van der Waals surface area contributed by atoms with Crippen LogP contribution in [0.4, 0.5) is 0 Å². The Kier molecular flexibility index (Phi) is 4.29. The van der Waals surface area contributed by atoms with Gasteiger partial charge in [-0.05, 0) is 23.3 Å². The molecule has 0 spiro atoms. The molecule has 0 heterocycles. The molecule has 0 atom stereocenters. The molecule has 0 bridgehead atoms. The summed E-state index contributed by atoms with van der Waals surface area (Å²) >= 11 is 0. The molecule has 2 aromatic carbocycles. The third-order valence-corrected chi connectivity index (χ3v) is 3.06. The molecule has 98 valence electrons. The lowest BCUT2D eigenvalue weighted by atomic mass is 10.0. The van der Waals surface area contributed by atoms with Crippen LogP contribution >= 0.6 is 0 Å². The molecule has 3 heteroatoms. The average Bonchev–Trinajstić information content (AvgIpc) is 2.42. The van der Waals surface area contributed by atoms with E-state index in [1.54, 1.807) is 0 Å². The predicted octanol–water partition coefficient (Wildman–Crippen LogP) is 2.83. The minimum atomic E-state index is -0.0804. The van der Waals surface area contributed by atoms with Gasteiger partial charge in [0.05, 0.1) is 0 Å². The molecule has 0 radical (unpaired) electrons. The molecule has 3 nitrogen and oxygen atoms in total. The number of amides is 1. The Morgan fingerprint density at radius 1 is 1.00 bits per heavy atom. The fourth-order valence-electron chi connectivity index (χ4n) is 2.02. The first-order chi connectivity index (χ1) is 9.16. The van der Waals surface area contributed by atoms with E-state index in [0.717, 1.165) is 16.3 Å². The van der Waals surface area contributed by atoms with Crippen molar-refractivity contribution >= 4 is 22.5 Å². The van der Waals surface area contributed by atoms with Gasteiger partial charge in [0, 0.05) is 19.4 Å². The van der Waals surface area contributed by atoms with Gasteiger partial charge in [-0.15, -0.1) is 0 Å². The molecule has 2 rings (SSSR count). The van der Waals surface area contributed by atoms with E-state index in [1.165, 1.54) is 6.92 Å². The van der Waals surface area contributed by atoms with Crippen LogP contribution in [0.1, 0.15) is 25.3 Å². The molecule has 1 amide bonds. The largest absolute Gasteiger partial charge is 0.352 e. The Hall–Kier alpha value is -2.16. The number of Topliss-reactive ketones (excluding diaryl/α,β-unsaturated/α-hetero) is 1. The molecule has 0 saturated heterocycles. The topological polar surface area (TPSA) is 46.2 Å². The minimum absolute atomic E-state index is 0.0420. The second-order valence-electron chi connectivity index (χ2n) is 4.62. The van der Waals surface area contributed by atoms with Gasteiger partial charge in [0.25, 0.3) is 0 Å². The van der Waals surface area contributed by atoms with Crippen molar-refractivity contribution in [3.05, 3.63) is 48.0 Å². The number of hydrogen-bond donors (Lipinski definition) is 1. The number of carbonyl (C=O) groups is 2. The zero-order valence-corrected chi connectivity index (χ0v) is 11.0. The van der Waals surface area contributed by atoms with E-state index in [-0.39, 0.29) is 18.1 Å². The van der Waals surface area contributed by atoms with Crippen molar-refractivity contribution in [1.29, 1.82) is 0 Å². The highest BCUT2D eigenvalue weighted by molar-refractivity contribution is 5.87. The standard InChI is InChI=1S/C16H17NO2/c1-12(18)9-10-16(19)17-11-14-7-4-6-13-5-2-3-8-15(13)14/h2-8H,9-11H2,1H3,(H,17,19). The van der Waals surface area contributed by atoms with Gasteiger partial charge < -0.3 is 10.1 Å². The third kappa shape index (κ3) is 3.65. The third-order valence-electron chi connectivity index (χ3n) is 3.06. The summed E-state index contributed by atoms with van der Waals surface area (Å²) in [5.74, 6) is -0.0385. The summed E-state index contributed by atoms with van der Waals surface area (Å²) < 4.78 is 0. The molecule has 19 heavy (non-hydrogen) atoms. The Morgan fingerprint density at radius 3 is 2.53 bits per heavy atom. The van der Waals surface area contributed by atoms with Crippen LogP contribution in [0.2, 0.25) is 0 Å². The molecule has 0 aliphatic heterocycles. The molecule has 2 aromatic rings. The van der Waals surface area contributed by atoms with Crippen molar-refractivity contribution < 1.29 is 9.59 Å². The van der Waals surface area contributed by atoms with Crippen molar-refractivity contribution in [2.45, 2.75) is 26.3 Å². The molecule has 1 N–H and O–H groups in total. The lowest BCUT2D eigenvalue weighted by Gasteiger charge is -2.08. The van der Waals surface area contributed by atoms with Crippen molar-refractivity contribution in [2.75, 3.05) is 0 Å². The number of benzene rings is 2. The number of ketones is 1. The molecule has 0 aliphatic carbocycles. The summed E-state index contributed by atoms with van der Waals surface area (Å²) in [6.45, 7) is 2.00. The monoisotopic (exact) mass is 255 g/mol. The van der Waals surface area contributed by atoms with Crippen LogP contribution in [0, 0.1) is 0 Å². The number of rotatable bonds is 5. The van der Waals surface area contributed by atoms with E-state index >= 15 is 0 Å². The van der Waals surface area contributed by atoms with E-state index in [0.29, 0.717) is 13.0 Å². The highest BCUT2D eigenvalue weighted by Crippen LogP contribution is 2.18. The number of hydrogen-bond acceptors (Lipinski definition) is 2. The van der Waals surface area contributed by atoms with Crippen LogP contribution in [0.15, 0.2) is 42.5 Å². The SMILES string of the molecule is CC(=O)CCC(=O)NCc1cccc2ccccc12. The van der Waals surface area contributed by atoms with Gasteiger partial charge in [-0.1, -0.05) is 42.5 Å². The van der Waals surface area contributed by atoms with Crippen molar-refractivity contribution in [3.63, 3.8) is 0 Å². The Morgan fingerprint density at radius 2 is 1.74 bits per heavy atom. The quantitative estimate of drug-likeness (QED) is 0.893. The Bertz CT molecular complexity index is 599. The normalized spacial score (nSPS) is 10.4. The van der Waals surface area contributed by atoms with E-state index < -0.39 is 0 Å². The predicted molar refractivity (Wildman–Crippen MR) is 75.7 cm³/mol. The summed E-state index contributed by atoms with van der Waals surface area (Å²) in [5.41, 5.74) is 1.09. The molecule has 0 fully saturated rings. The Labute approximate surface area is 112 Å². The maximum atomic E-state index is 11.6. The van der Waals surface area contributed by atoms with Crippen LogP contribution in [0.5, 0.6) is 0 Å². The molecular formula is C16H17NO2. The molecular weight excluding hydrogens is 238 g/mol. The van der Waals surface area contributed by atoms with E-state index in [1.807, 2.05) is 30.3 Å². The maximum absolute atomic E-state index is 11.6. The second-order valence-corrected chi connectivity index (χ2v) is 4.62. The van der Waals surface area contributed by atoms with Crippen molar-refractivity contribution in [1.82, 2.24) is 5.32 Å². The van der Waals surface area contributed by atoms with Gasteiger partial charge in [0.1, 0.15) is 5.78 Å². The van der Waals surface area contributed by atoms with Gasteiger partial charge in [-0.25, -0.2) is 0 Å². The zero-order valence-electron chi connectivity index (χ0n) is 11.0. The van der Waals surface area contributed by atoms with Crippen LogP contribution < -0.4 is 5.32 Å². The van der Waals surface area contributed by atoms with E-state index in [4.69, 9.17) is 0 Å². The highest BCUT2D eigenvalue weighted by atomic mass is 16.2. The van der Waals surface area contributed by atoms with Gasteiger partial charge in [-0.3, -0.25) is 4.79 Å². The summed E-state index contributed by atoms with van der Waals surface area (Å²) in [7, 11) is 0. The summed E-state index contributed by atoms with van der Waals surface area (Å²) in [5, 5.41) is 5.17. The first kappa shape index (κ1) is 13.3. The van der Waals surface area contributed by atoms with Crippen molar-refractivity contribution in [2.24, 2.45) is 0 Å². The van der Waals surface area contributed by atoms with Gasteiger partial charge in [0.2, 0.25) is 5.91 Å². The van der Waals surface area contributed by atoms with E-state index in [2.05, 4.69) is 17.4 Å². The summed E-state index contributed by atoms with van der Waals surface area (Å²) in [6, 6.07) is 14.1. The van der Waals surface area contributed by atoms with Gasteiger partial charge in [0.15, 0.2) is 0 Å².